The standard InChI is InChI=1S/C27H23FO4/c1-27(32)16-21(29)23(25(30)18-8-4-2-5-9-18)22(17-12-14-20(28)15-13-17)24(27)26(31)19-10-6-3-7-11-19/h2-15,22-24,32H,16H2,1H3/t22-,23-,24+,27+/m0/s1. The van der Waals surface area contributed by atoms with E-state index in [9.17, 15) is 23.9 Å². The van der Waals surface area contributed by atoms with Crippen LogP contribution in [0.4, 0.5) is 4.39 Å². The fraction of sp³-hybridized carbons (Fsp3) is 0.222. The van der Waals surface area contributed by atoms with Gasteiger partial charge in [0.05, 0.1) is 17.4 Å². The minimum atomic E-state index is -1.67. The lowest BCUT2D eigenvalue weighted by atomic mass is 9.58. The van der Waals surface area contributed by atoms with Crippen LogP contribution in [-0.4, -0.2) is 28.1 Å². The fourth-order valence-corrected chi connectivity index (χ4v) is 4.74. The van der Waals surface area contributed by atoms with Gasteiger partial charge in [0.25, 0.3) is 0 Å². The number of hydrogen-bond donors (Lipinski definition) is 1. The summed E-state index contributed by atoms with van der Waals surface area (Å²) >= 11 is 0. The van der Waals surface area contributed by atoms with Gasteiger partial charge in [-0.3, -0.25) is 14.4 Å². The van der Waals surface area contributed by atoms with Crippen LogP contribution >= 0.6 is 0 Å². The largest absolute Gasteiger partial charge is 0.389 e. The summed E-state index contributed by atoms with van der Waals surface area (Å²) in [5.74, 6) is -4.84. The third kappa shape index (κ3) is 4.04. The van der Waals surface area contributed by atoms with Crippen molar-refractivity contribution in [2.24, 2.45) is 11.8 Å². The van der Waals surface area contributed by atoms with Gasteiger partial charge in [-0.1, -0.05) is 72.8 Å². The van der Waals surface area contributed by atoms with Crippen LogP contribution in [-0.2, 0) is 4.79 Å². The molecule has 0 unspecified atom stereocenters. The van der Waals surface area contributed by atoms with Crippen LogP contribution in [0.25, 0.3) is 0 Å². The van der Waals surface area contributed by atoms with Crippen LogP contribution in [0.1, 0.15) is 45.5 Å². The molecule has 0 saturated heterocycles. The molecule has 4 rings (SSSR count). The van der Waals surface area contributed by atoms with E-state index in [-0.39, 0.29) is 12.2 Å². The molecule has 0 bridgehead atoms. The van der Waals surface area contributed by atoms with Gasteiger partial charge in [-0.15, -0.1) is 0 Å². The predicted molar refractivity (Wildman–Crippen MR) is 118 cm³/mol. The van der Waals surface area contributed by atoms with Crippen molar-refractivity contribution in [2.45, 2.75) is 24.9 Å². The summed E-state index contributed by atoms with van der Waals surface area (Å²) in [6.07, 6.45) is -0.322. The number of halogens is 1. The topological polar surface area (TPSA) is 71.4 Å². The number of ketones is 3. The number of Topliss-reactive ketones (excluding diaryl/α,β-unsaturated/α-hetero) is 3. The molecule has 0 aromatic heterocycles. The molecule has 1 aliphatic carbocycles. The lowest BCUT2D eigenvalue weighted by molar-refractivity contribution is -0.134. The maximum Gasteiger partial charge on any atom is 0.173 e. The monoisotopic (exact) mass is 430 g/mol. The van der Waals surface area contributed by atoms with E-state index < -0.39 is 40.7 Å². The Hall–Kier alpha value is -3.44. The highest BCUT2D eigenvalue weighted by molar-refractivity contribution is 6.13. The van der Waals surface area contributed by atoms with E-state index in [1.165, 1.54) is 31.2 Å². The molecular formula is C27H23FO4. The summed E-state index contributed by atoms with van der Waals surface area (Å²) in [4.78, 5) is 40.3. The number of aliphatic hydroxyl groups is 1. The SMILES string of the molecule is C[C@@]1(O)CC(=O)[C@H](C(=O)c2ccccc2)[C@H](c2ccc(F)cc2)[C@@H]1C(=O)c1ccccc1. The number of carbonyl (C=O) groups excluding carboxylic acids is 3. The summed E-state index contributed by atoms with van der Waals surface area (Å²) in [6, 6.07) is 22.3. The molecule has 3 aromatic rings. The zero-order chi connectivity index (χ0) is 22.9. The average Bonchev–Trinajstić information content (AvgIpc) is 2.79. The molecule has 1 aliphatic rings. The highest BCUT2D eigenvalue weighted by Gasteiger charge is 2.55. The van der Waals surface area contributed by atoms with E-state index >= 15 is 0 Å². The number of carbonyl (C=O) groups is 3. The molecular weight excluding hydrogens is 407 g/mol. The van der Waals surface area contributed by atoms with E-state index in [4.69, 9.17) is 0 Å². The Morgan fingerprint density at radius 1 is 0.844 bits per heavy atom. The molecule has 0 aliphatic heterocycles. The van der Waals surface area contributed by atoms with Gasteiger partial charge >= 0.3 is 0 Å². The van der Waals surface area contributed by atoms with Gasteiger partial charge in [0.1, 0.15) is 11.6 Å². The number of benzene rings is 3. The molecule has 1 saturated carbocycles. The lowest BCUT2D eigenvalue weighted by Gasteiger charge is -2.45. The molecule has 3 aromatic carbocycles. The second-order valence-electron chi connectivity index (χ2n) is 8.49. The summed E-state index contributed by atoms with van der Waals surface area (Å²) in [6.45, 7) is 1.45. The van der Waals surface area contributed by atoms with E-state index in [1.807, 2.05) is 0 Å². The van der Waals surface area contributed by atoms with E-state index in [0.29, 0.717) is 16.7 Å². The van der Waals surface area contributed by atoms with Crippen molar-refractivity contribution in [2.75, 3.05) is 0 Å². The molecule has 4 atom stereocenters. The normalized spacial score (nSPS) is 25.3. The van der Waals surface area contributed by atoms with Gasteiger partial charge in [0.15, 0.2) is 11.6 Å². The third-order valence-electron chi connectivity index (χ3n) is 6.20. The van der Waals surface area contributed by atoms with Crippen LogP contribution < -0.4 is 0 Å². The van der Waals surface area contributed by atoms with Crippen molar-refractivity contribution < 1.29 is 23.9 Å². The van der Waals surface area contributed by atoms with E-state index in [0.717, 1.165) is 0 Å². The molecule has 0 spiro atoms. The van der Waals surface area contributed by atoms with Gasteiger partial charge in [0.2, 0.25) is 0 Å². The van der Waals surface area contributed by atoms with Crippen LogP contribution in [0.2, 0.25) is 0 Å². The summed E-state index contributed by atoms with van der Waals surface area (Å²) in [7, 11) is 0. The number of hydrogen-bond acceptors (Lipinski definition) is 4. The molecule has 1 N–H and O–H groups in total. The maximum atomic E-state index is 13.7. The first-order valence-corrected chi connectivity index (χ1v) is 10.5. The van der Waals surface area contributed by atoms with Crippen LogP contribution in [0.3, 0.4) is 0 Å². The minimum absolute atomic E-state index is 0.322. The van der Waals surface area contributed by atoms with Gasteiger partial charge in [-0.25, -0.2) is 4.39 Å². The van der Waals surface area contributed by atoms with Crippen LogP contribution in [0.15, 0.2) is 84.9 Å². The van der Waals surface area contributed by atoms with Gasteiger partial charge in [0, 0.05) is 23.5 Å². The highest BCUT2D eigenvalue weighted by Crippen LogP contribution is 2.48. The van der Waals surface area contributed by atoms with Crippen molar-refractivity contribution >= 4 is 17.3 Å². The first kappa shape index (κ1) is 21.8. The summed E-state index contributed by atoms with van der Waals surface area (Å²) < 4.78 is 13.7. The molecule has 162 valence electrons. The minimum Gasteiger partial charge on any atom is -0.389 e. The summed E-state index contributed by atoms with van der Waals surface area (Å²) in [5, 5.41) is 11.3. The Kier molecular flexibility index (Phi) is 5.85. The van der Waals surface area contributed by atoms with Gasteiger partial charge < -0.3 is 5.11 Å². The average molecular weight is 430 g/mol. The zero-order valence-electron chi connectivity index (χ0n) is 17.6. The molecule has 5 heteroatoms. The molecule has 0 heterocycles. The van der Waals surface area contributed by atoms with E-state index in [1.54, 1.807) is 60.7 Å². The van der Waals surface area contributed by atoms with Gasteiger partial charge in [-0.05, 0) is 24.6 Å². The summed E-state index contributed by atoms with van der Waals surface area (Å²) in [5.41, 5.74) is -0.477. The van der Waals surface area contributed by atoms with Crippen molar-refractivity contribution in [3.8, 4) is 0 Å². The smallest absolute Gasteiger partial charge is 0.173 e. The Bertz CT molecular complexity index is 1140. The second-order valence-corrected chi connectivity index (χ2v) is 8.49. The fourth-order valence-electron chi connectivity index (χ4n) is 4.74. The Labute approximate surface area is 185 Å². The van der Waals surface area contributed by atoms with Crippen molar-refractivity contribution in [1.29, 1.82) is 0 Å². The van der Waals surface area contributed by atoms with Crippen LogP contribution in [0.5, 0.6) is 0 Å². The zero-order valence-corrected chi connectivity index (χ0v) is 17.6. The molecule has 0 amide bonds. The molecule has 0 radical (unpaired) electrons. The molecule has 1 fully saturated rings. The quantitative estimate of drug-likeness (QED) is 0.473. The highest BCUT2D eigenvalue weighted by atomic mass is 19.1. The van der Waals surface area contributed by atoms with Crippen molar-refractivity contribution in [1.82, 2.24) is 0 Å². The van der Waals surface area contributed by atoms with Crippen molar-refractivity contribution in [3.63, 3.8) is 0 Å². The molecule has 32 heavy (non-hydrogen) atoms. The Morgan fingerprint density at radius 3 is 1.88 bits per heavy atom. The predicted octanol–water partition coefficient (Wildman–Crippen LogP) is 4.63. The second kappa shape index (κ2) is 8.60. The van der Waals surface area contributed by atoms with Crippen molar-refractivity contribution in [3.05, 3.63) is 107 Å². The maximum absolute atomic E-state index is 13.7. The molecule has 4 nitrogen and oxygen atoms in total. The van der Waals surface area contributed by atoms with Crippen LogP contribution in [0, 0.1) is 17.7 Å². The van der Waals surface area contributed by atoms with Gasteiger partial charge in [-0.2, -0.15) is 0 Å². The first-order valence-electron chi connectivity index (χ1n) is 10.5. The Morgan fingerprint density at radius 2 is 1.34 bits per heavy atom. The third-order valence-corrected chi connectivity index (χ3v) is 6.20. The van der Waals surface area contributed by atoms with E-state index in [2.05, 4.69) is 0 Å². The first-order chi connectivity index (χ1) is 15.3. The Balaban J connectivity index is 1.89. The number of rotatable bonds is 5. The lowest BCUT2D eigenvalue weighted by Crippen LogP contribution is -2.54.